The number of nitro groups is 1. The summed E-state index contributed by atoms with van der Waals surface area (Å²) in [6.45, 7) is 1.97. The minimum Gasteiger partial charge on any atom is -0.377 e. The van der Waals surface area contributed by atoms with Gasteiger partial charge in [0.2, 0.25) is 0 Å². The molecule has 0 unspecified atom stereocenters. The Morgan fingerprint density at radius 1 is 1.24 bits per heavy atom. The van der Waals surface area contributed by atoms with Crippen LogP contribution in [0.15, 0.2) is 42.5 Å². The Labute approximate surface area is 155 Å². The van der Waals surface area contributed by atoms with Crippen molar-refractivity contribution in [1.82, 2.24) is 0 Å². The van der Waals surface area contributed by atoms with Gasteiger partial charge in [-0.3, -0.25) is 10.1 Å². The fourth-order valence-corrected chi connectivity index (χ4v) is 4.58. The molecule has 0 fully saturated rings. The summed E-state index contributed by atoms with van der Waals surface area (Å²) in [6, 6.07) is 8.90. The maximum Gasteiger partial charge on any atom is 0.275 e. The molecule has 2 aromatic rings. The molecule has 6 heteroatoms. The zero-order chi connectivity index (χ0) is 17.7. The third-order valence-corrected chi connectivity index (χ3v) is 5.76. The van der Waals surface area contributed by atoms with E-state index in [-0.39, 0.29) is 28.5 Å². The molecule has 4 rings (SSSR count). The second kappa shape index (κ2) is 6.04. The second-order valence-electron chi connectivity index (χ2n) is 6.59. The van der Waals surface area contributed by atoms with Crippen LogP contribution in [0.5, 0.6) is 0 Å². The lowest BCUT2D eigenvalue weighted by Gasteiger charge is -2.38. The molecule has 128 valence electrons. The van der Waals surface area contributed by atoms with Crippen LogP contribution in [0.1, 0.15) is 35.1 Å². The zero-order valence-electron chi connectivity index (χ0n) is 13.5. The van der Waals surface area contributed by atoms with Gasteiger partial charge in [-0.15, -0.1) is 0 Å². The van der Waals surface area contributed by atoms with Crippen molar-refractivity contribution in [3.63, 3.8) is 0 Å². The van der Waals surface area contributed by atoms with Crippen molar-refractivity contribution in [1.29, 1.82) is 0 Å². The van der Waals surface area contributed by atoms with E-state index in [9.17, 15) is 10.1 Å². The normalized spacial score (nSPS) is 23.7. The van der Waals surface area contributed by atoms with Crippen LogP contribution in [-0.2, 0) is 0 Å². The van der Waals surface area contributed by atoms with E-state index in [1.54, 1.807) is 18.2 Å². The minimum atomic E-state index is -0.293. The third-order valence-electron chi connectivity index (χ3n) is 5.20. The van der Waals surface area contributed by atoms with E-state index in [1.807, 2.05) is 19.1 Å². The fraction of sp³-hybridized carbons (Fsp3) is 0.263. The smallest absolute Gasteiger partial charge is 0.275 e. The van der Waals surface area contributed by atoms with Crippen LogP contribution < -0.4 is 5.32 Å². The van der Waals surface area contributed by atoms with Crippen LogP contribution in [-0.4, -0.2) is 4.92 Å². The van der Waals surface area contributed by atoms with Gasteiger partial charge in [-0.2, -0.15) is 0 Å². The summed E-state index contributed by atoms with van der Waals surface area (Å²) in [4.78, 5) is 11.2. The molecule has 0 saturated carbocycles. The quantitative estimate of drug-likeness (QED) is 0.396. The topological polar surface area (TPSA) is 55.2 Å². The number of nitrogens with zero attached hydrogens (tertiary/aromatic N) is 1. The van der Waals surface area contributed by atoms with Gasteiger partial charge in [0.1, 0.15) is 0 Å². The number of allylic oxidation sites excluding steroid dienone is 2. The van der Waals surface area contributed by atoms with E-state index >= 15 is 0 Å². The highest BCUT2D eigenvalue weighted by Gasteiger charge is 2.42. The molecule has 1 aliphatic carbocycles. The molecule has 25 heavy (non-hydrogen) atoms. The summed E-state index contributed by atoms with van der Waals surface area (Å²) in [7, 11) is 0. The number of hydrogen-bond donors (Lipinski definition) is 1. The Balaban J connectivity index is 1.89. The van der Waals surface area contributed by atoms with Crippen LogP contribution in [0.2, 0.25) is 10.0 Å². The second-order valence-corrected chi connectivity index (χ2v) is 7.43. The Hall–Kier alpha value is -2.04. The van der Waals surface area contributed by atoms with Crippen LogP contribution in [0.3, 0.4) is 0 Å². The molecule has 4 nitrogen and oxygen atoms in total. The Morgan fingerprint density at radius 2 is 2.04 bits per heavy atom. The summed E-state index contributed by atoms with van der Waals surface area (Å²) >= 11 is 12.5. The Morgan fingerprint density at radius 3 is 2.76 bits per heavy atom. The number of hydrogen-bond acceptors (Lipinski definition) is 3. The Kier molecular flexibility index (Phi) is 3.97. The lowest BCUT2D eigenvalue weighted by molar-refractivity contribution is -0.385. The van der Waals surface area contributed by atoms with Crippen molar-refractivity contribution in [3.8, 4) is 0 Å². The number of fused-ring (bicyclic) bond motifs is 3. The van der Waals surface area contributed by atoms with Gasteiger partial charge in [-0.1, -0.05) is 47.5 Å². The van der Waals surface area contributed by atoms with Gasteiger partial charge in [-0.05, 0) is 42.5 Å². The molecule has 1 N–H and O–H groups in total. The molecule has 0 spiro atoms. The molecule has 3 atom stereocenters. The number of nitrogens with one attached hydrogen (secondary N) is 1. The van der Waals surface area contributed by atoms with Gasteiger partial charge in [-0.25, -0.2) is 0 Å². The first-order chi connectivity index (χ1) is 12.0. The molecule has 0 saturated heterocycles. The molecule has 0 radical (unpaired) electrons. The molecule has 0 aromatic heterocycles. The van der Waals surface area contributed by atoms with E-state index in [1.165, 1.54) is 0 Å². The lowest BCUT2D eigenvalue weighted by Crippen LogP contribution is -2.30. The third kappa shape index (κ3) is 2.60. The first-order valence-electron chi connectivity index (χ1n) is 8.13. The van der Waals surface area contributed by atoms with Crippen molar-refractivity contribution in [3.05, 3.63) is 79.3 Å². The lowest BCUT2D eigenvalue weighted by atomic mass is 9.75. The number of aryl methyl sites for hydroxylation is 1. The first kappa shape index (κ1) is 16.4. The summed E-state index contributed by atoms with van der Waals surface area (Å²) in [5.74, 6) is 0.194. The van der Waals surface area contributed by atoms with E-state index in [0.717, 1.165) is 28.8 Å². The largest absolute Gasteiger partial charge is 0.377 e. The molecule has 1 heterocycles. The minimum absolute atomic E-state index is 0.00768. The standard InChI is InChI=1S/C19H16Cl2N2O2/c1-10-5-8-16(23(24)25)17-12-3-2-4-13(12)19(22-18(10)17)14-7-6-11(20)9-15(14)21/h2-3,5-9,12-13,19,22H,4H2,1H3/t12-,13+,19+/m0/s1. The average Bonchev–Trinajstić information content (AvgIpc) is 3.04. The first-order valence-corrected chi connectivity index (χ1v) is 8.89. The van der Waals surface area contributed by atoms with E-state index in [2.05, 4.69) is 17.5 Å². The average molecular weight is 375 g/mol. The monoisotopic (exact) mass is 374 g/mol. The van der Waals surface area contributed by atoms with Gasteiger partial charge < -0.3 is 5.32 Å². The van der Waals surface area contributed by atoms with Gasteiger partial charge in [0, 0.05) is 27.7 Å². The maximum absolute atomic E-state index is 11.5. The molecule has 2 aromatic carbocycles. The van der Waals surface area contributed by atoms with Crippen molar-refractivity contribution in [2.75, 3.05) is 5.32 Å². The molecule has 1 aliphatic heterocycles. The molecular formula is C19H16Cl2N2O2. The van der Waals surface area contributed by atoms with Crippen molar-refractivity contribution < 1.29 is 4.92 Å². The number of halogens is 2. The zero-order valence-corrected chi connectivity index (χ0v) is 15.0. The summed E-state index contributed by atoms with van der Waals surface area (Å²) < 4.78 is 0. The molecule has 2 aliphatic rings. The molecule has 0 bridgehead atoms. The maximum atomic E-state index is 11.5. The van der Waals surface area contributed by atoms with Crippen LogP contribution in [0.4, 0.5) is 11.4 Å². The number of anilines is 1. The van der Waals surface area contributed by atoms with E-state index in [0.29, 0.717) is 10.0 Å². The van der Waals surface area contributed by atoms with Gasteiger partial charge in [0.15, 0.2) is 0 Å². The van der Waals surface area contributed by atoms with Gasteiger partial charge in [0.05, 0.1) is 16.5 Å². The Bertz CT molecular complexity index is 911. The van der Waals surface area contributed by atoms with E-state index in [4.69, 9.17) is 23.2 Å². The van der Waals surface area contributed by atoms with Gasteiger partial charge in [0.25, 0.3) is 5.69 Å². The fourth-order valence-electron chi connectivity index (χ4n) is 4.06. The highest BCUT2D eigenvalue weighted by molar-refractivity contribution is 6.35. The molecular weight excluding hydrogens is 359 g/mol. The molecule has 0 amide bonds. The van der Waals surface area contributed by atoms with Crippen molar-refractivity contribution in [2.24, 2.45) is 5.92 Å². The number of benzene rings is 2. The summed E-state index contributed by atoms with van der Waals surface area (Å²) in [5.41, 5.74) is 3.77. The van der Waals surface area contributed by atoms with Gasteiger partial charge >= 0.3 is 0 Å². The predicted molar refractivity (Wildman–Crippen MR) is 101 cm³/mol. The number of nitro benzene ring substituents is 1. The highest BCUT2D eigenvalue weighted by Crippen LogP contribution is 2.54. The van der Waals surface area contributed by atoms with Crippen molar-refractivity contribution >= 4 is 34.6 Å². The predicted octanol–water partition coefficient (Wildman–Crippen LogP) is 6.04. The van der Waals surface area contributed by atoms with Crippen LogP contribution in [0.25, 0.3) is 0 Å². The van der Waals surface area contributed by atoms with Crippen LogP contribution in [0, 0.1) is 23.0 Å². The van der Waals surface area contributed by atoms with Crippen molar-refractivity contribution in [2.45, 2.75) is 25.3 Å². The summed E-state index contributed by atoms with van der Waals surface area (Å²) in [6.07, 6.45) is 5.05. The number of rotatable bonds is 2. The highest BCUT2D eigenvalue weighted by atomic mass is 35.5. The summed E-state index contributed by atoms with van der Waals surface area (Å²) in [5, 5.41) is 16.3. The van der Waals surface area contributed by atoms with E-state index < -0.39 is 0 Å². The SMILES string of the molecule is Cc1ccc([N+](=O)[O-])c2c1N[C@@H](c1ccc(Cl)cc1Cl)[C@@H]1CC=C[C@H]21. The van der Waals surface area contributed by atoms with Crippen LogP contribution >= 0.6 is 23.2 Å².